The summed E-state index contributed by atoms with van der Waals surface area (Å²) in [7, 11) is 0. The van der Waals surface area contributed by atoms with Gasteiger partial charge >= 0.3 is 0 Å². The van der Waals surface area contributed by atoms with Gasteiger partial charge < -0.3 is 14.7 Å². The average molecular weight is 510 g/mol. The Morgan fingerprint density at radius 3 is 1.39 bits per heavy atom. The lowest BCUT2D eigenvalue weighted by molar-refractivity contribution is -0.133. The van der Waals surface area contributed by atoms with E-state index in [4.69, 9.17) is 0 Å². The Morgan fingerprint density at radius 2 is 0.944 bits per heavy atom. The largest absolute Gasteiger partial charge is 0.340 e. The van der Waals surface area contributed by atoms with E-state index in [2.05, 4.69) is 56.2 Å². The number of hydrogen-bond donors (Lipinski definition) is 0. The minimum Gasteiger partial charge on any atom is -0.340 e. The molecule has 0 saturated heterocycles. The van der Waals surface area contributed by atoms with E-state index in [-0.39, 0.29) is 0 Å². The number of rotatable bonds is 27. The first-order valence-electron chi connectivity index (χ1n) is 16.3. The first kappa shape index (κ1) is 35.4. The van der Waals surface area contributed by atoms with Gasteiger partial charge in [0.1, 0.15) is 0 Å². The van der Waals surface area contributed by atoms with Gasteiger partial charge in [0.15, 0.2) is 0 Å². The Labute approximate surface area is 227 Å². The van der Waals surface area contributed by atoms with Gasteiger partial charge in [-0.15, -0.1) is 0 Å². The average Bonchev–Trinajstić information content (AvgIpc) is 2.89. The number of carbonyl (C=O) groups excluding carboxylic acids is 1. The molecule has 0 unspecified atom stereocenters. The monoisotopic (exact) mass is 510 g/mol. The summed E-state index contributed by atoms with van der Waals surface area (Å²) in [5.41, 5.74) is 0. The molecule has 1 atom stereocenters. The van der Waals surface area contributed by atoms with Crippen LogP contribution in [0.25, 0.3) is 0 Å². The lowest BCUT2D eigenvalue weighted by Crippen LogP contribution is -2.41. The minimum atomic E-state index is 0.353. The van der Waals surface area contributed by atoms with Gasteiger partial charge in [0, 0.05) is 19.0 Å². The highest BCUT2D eigenvalue weighted by molar-refractivity contribution is 5.76. The Morgan fingerprint density at radius 1 is 0.528 bits per heavy atom. The zero-order chi connectivity index (χ0) is 26.9. The molecule has 4 nitrogen and oxygen atoms in total. The quantitative estimate of drug-likeness (QED) is 0.104. The van der Waals surface area contributed by atoms with Crippen LogP contribution in [-0.4, -0.2) is 72.5 Å². The smallest absolute Gasteiger partial charge is 0.222 e. The molecule has 0 aliphatic rings. The maximum absolute atomic E-state index is 13.2. The second kappa shape index (κ2) is 26.0. The van der Waals surface area contributed by atoms with Crippen molar-refractivity contribution in [2.45, 2.75) is 157 Å². The molecule has 0 saturated carbocycles. The molecule has 0 rings (SSSR count). The van der Waals surface area contributed by atoms with Crippen molar-refractivity contribution in [2.24, 2.45) is 0 Å². The maximum Gasteiger partial charge on any atom is 0.222 e. The third-order valence-electron chi connectivity index (χ3n) is 8.11. The third kappa shape index (κ3) is 19.5. The van der Waals surface area contributed by atoms with Gasteiger partial charge in [-0.3, -0.25) is 4.79 Å². The van der Waals surface area contributed by atoms with Crippen molar-refractivity contribution in [3.05, 3.63) is 0 Å². The van der Waals surface area contributed by atoms with E-state index in [0.717, 1.165) is 71.5 Å². The van der Waals surface area contributed by atoms with Gasteiger partial charge in [-0.2, -0.15) is 0 Å². The summed E-state index contributed by atoms with van der Waals surface area (Å²) >= 11 is 0. The zero-order valence-electron chi connectivity index (χ0n) is 25.8. The highest BCUT2D eigenvalue weighted by Crippen LogP contribution is 2.15. The molecule has 0 aromatic heterocycles. The minimum absolute atomic E-state index is 0.353. The Bertz CT molecular complexity index is 462. The van der Waals surface area contributed by atoms with Crippen LogP contribution >= 0.6 is 0 Å². The molecule has 4 heteroatoms. The van der Waals surface area contributed by atoms with Crippen molar-refractivity contribution < 1.29 is 4.79 Å². The van der Waals surface area contributed by atoms with Crippen LogP contribution in [0.4, 0.5) is 0 Å². The fourth-order valence-electron chi connectivity index (χ4n) is 5.34. The van der Waals surface area contributed by atoms with Crippen molar-refractivity contribution in [1.29, 1.82) is 0 Å². The predicted molar refractivity (Wildman–Crippen MR) is 161 cm³/mol. The molecule has 1 amide bonds. The van der Waals surface area contributed by atoms with E-state index in [1.165, 1.54) is 83.5 Å². The summed E-state index contributed by atoms with van der Waals surface area (Å²) in [6, 6.07) is 0.353. The fraction of sp³-hybridized carbons (Fsp3) is 0.969. The molecule has 0 radical (unpaired) electrons. The maximum atomic E-state index is 13.2. The van der Waals surface area contributed by atoms with Crippen LogP contribution in [0.1, 0.15) is 151 Å². The molecular formula is C32H67N3O. The summed E-state index contributed by atoms with van der Waals surface area (Å²) in [6.07, 6.45) is 21.7. The molecule has 0 aliphatic heterocycles. The van der Waals surface area contributed by atoms with Gasteiger partial charge in [0.25, 0.3) is 0 Å². The number of hydrogen-bond acceptors (Lipinski definition) is 3. The number of unbranched alkanes of at least 4 members (excludes halogenated alkanes) is 12. The predicted octanol–water partition coefficient (Wildman–Crippen LogP) is 8.54. The Balaban J connectivity index is 4.23. The Kier molecular flexibility index (Phi) is 25.6. The molecule has 0 aromatic rings. The lowest BCUT2D eigenvalue weighted by Gasteiger charge is -2.31. The van der Waals surface area contributed by atoms with Crippen molar-refractivity contribution in [3.63, 3.8) is 0 Å². The summed E-state index contributed by atoms with van der Waals surface area (Å²) in [5, 5.41) is 0. The molecule has 0 heterocycles. The number of amides is 1. The molecule has 0 aromatic carbocycles. The van der Waals surface area contributed by atoms with Gasteiger partial charge in [-0.1, -0.05) is 112 Å². The topological polar surface area (TPSA) is 26.8 Å². The van der Waals surface area contributed by atoms with Gasteiger partial charge in [0.2, 0.25) is 5.91 Å². The first-order chi connectivity index (χ1) is 17.5. The van der Waals surface area contributed by atoms with Crippen LogP contribution in [0.3, 0.4) is 0 Å². The van der Waals surface area contributed by atoms with E-state index < -0.39 is 0 Å². The normalized spacial score (nSPS) is 12.6. The molecule has 0 N–H and O–H groups in total. The van der Waals surface area contributed by atoms with Crippen molar-refractivity contribution in [1.82, 2.24) is 14.7 Å². The second-order valence-corrected chi connectivity index (χ2v) is 11.0. The van der Waals surface area contributed by atoms with Crippen LogP contribution in [0.5, 0.6) is 0 Å². The van der Waals surface area contributed by atoms with Gasteiger partial charge in [0.05, 0.1) is 0 Å². The summed E-state index contributed by atoms with van der Waals surface area (Å²) < 4.78 is 0. The van der Waals surface area contributed by atoms with E-state index in [0.29, 0.717) is 11.9 Å². The Hall–Kier alpha value is -0.610. The standard InChI is InChI=1S/C32H67N3O/c1-7-12-13-14-15-16-17-18-19-20-21-22-23-27-32(36)35(30-25-29-34(10-4)11-5)31(6)26-24-28-33(8-2)9-3/h31H,7-30H2,1-6H3/t31-/m0/s1. The lowest BCUT2D eigenvalue weighted by atomic mass is 10.0. The van der Waals surface area contributed by atoms with Crippen LogP contribution in [0, 0.1) is 0 Å². The molecular weight excluding hydrogens is 442 g/mol. The second-order valence-electron chi connectivity index (χ2n) is 11.0. The van der Waals surface area contributed by atoms with Gasteiger partial charge in [-0.25, -0.2) is 0 Å². The van der Waals surface area contributed by atoms with E-state index in [1.807, 2.05) is 0 Å². The van der Waals surface area contributed by atoms with E-state index in [9.17, 15) is 4.79 Å². The zero-order valence-corrected chi connectivity index (χ0v) is 25.8. The summed E-state index contributed by atoms with van der Waals surface area (Å²) in [5.74, 6) is 0.396. The molecule has 216 valence electrons. The van der Waals surface area contributed by atoms with E-state index >= 15 is 0 Å². The van der Waals surface area contributed by atoms with Crippen molar-refractivity contribution >= 4 is 5.91 Å². The van der Waals surface area contributed by atoms with Crippen LogP contribution in [0.15, 0.2) is 0 Å². The van der Waals surface area contributed by atoms with Crippen LogP contribution < -0.4 is 0 Å². The summed E-state index contributed by atoms with van der Waals surface area (Å²) in [6.45, 7) is 21.1. The molecule has 36 heavy (non-hydrogen) atoms. The van der Waals surface area contributed by atoms with Crippen molar-refractivity contribution in [3.8, 4) is 0 Å². The highest BCUT2D eigenvalue weighted by Gasteiger charge is 2.19. The number of carbonyl (C=O) groups is 1. The number of nitrogens with zero attached hydrogens (tertiary/aromatic N) is 3. The molecule has 0 fully saturated rings. The van der Waals surface area contributed by atoms with Crippen LogP contribution in [-0.2, 0) is 4.79 Å². The SMILES string of the molecule is CCCCCCCCCCCCCCCC(=O)N(CCCN(CC)CC)[C@@H](C)CCCN(CC)CC. The highest BCUT2D eigenvalue weighted by atomic mass is 16.2. The fourth-order valence-corrected chi connectivity index (χ4v) is 5.34. The third-order valence-corrected chi connectivity index (χ3v) is 8.11. The first-order valence-corrected chi connectivity index (χ1v) is 16.3. The molecule has 0 bridgehead atoms. The molecule has 0 spiro atoms. The van der Waals surface area contributed by atoms with Crippen LogP contribution in [0.2, 0.25) is 0 Å². The summed E-state index contributed by atoms with van der Waals surface area (Å²) in [4.78, 5) is 20.4. The molecule has 0 aliphatic carbocycles. The van der Waals surface area contributed by atoms with Gasteiger partial charge in [-0.05, 0) is 71.9 Å². The van der Waals surface area contributed by atoms with E-state index in [1.54, 1.807) is 0 Å². The van der Waals surface area contributed by atoms with Crippen molar-refractivity contribution in [2.75, 3.05) is 45.8 Å².